The molecular formula is C16H25N. The van der Waals surface area contributed by atoms with Crippen LogP contribution in [-0.4, -0.2) is 6.04 Å². The van der Waals surface area contributed by atoms with Gasteiger partial charge in [-0.25, -0.2) is 0 Å². The molecule has 17 heavy (non-hydrogen) atoms. The average Bonchev–Trinajstić information content (AvgIpc) is 2.82. The predicted octanol–water partition coefficient (Wildman–Crippen LogP) is 4.22. The maximum Gasteiger partial charge on any atom is 0.0296 e. The molecule has 0 heterocycles. The first-order chi connectivity index (χ1) is 8.18. The first-order valence-corrected chi connectivity index (χ1v) is 7.00. The third-order valence-electron chi connectivity index (χ3n) is 4.27. The number of nitrogens with one attached hydrogen (secondary N) is 1. The normalized spacial score (nSPS) is 20.4. The molecule has 1 aromatic carbocycles. The van der Waals surface area contributed by atoms with Crippen molar-refractivity contribution in [2.24, 2.45) is 5.92 Å². The Bertz CT molecular complexity index is 352. The fraction of sp³-hybridized carbons (Fsp3) is 0.625. The molecule has 0 bridgehead atoms. The fourth-order valence-electron chi connectivity index (χ4n) is 3.15. The van der Waals surface area contributed by atoms with E-state index in [0.29, 0.717) is 12.1 Å². The Labute approximate surface area is 106 Å². The first-order valence-electron chi connectivity index (χ1n) is 7.00. The Kier molecular flexibility index (Phi) is 4.22. The lowest BCUT2D eigenvalue weighted by atomic mass is 9.96. The molecule has 2 rings (SSSR count). The van der Waals surface area contributed by atoms with E-state index in [1.54, 1.807) is 0 Å². The van der Waals surface area contributed by atoms with Crippen LogP contribution in [0, 0.1) is 12.8 Å². The van der Waals surface area contributed by atoms with Crippen LogP contribution in [0.1, 0.15) is 56.7 Å². The van der Waals surface area contributed by atoms with Gasteiger partial charge in [0.05, 0.1) is 0 Å². The van der Waals surface area contributed by atoms with E-state index in [1.165, 1.54) is 36.8 Å². The van der Waals surface area contributed by atoms with Crippen LogP contribution in [0.15, 0.2) is 24.3 Å². The minimum absolute atomic E-state index is 0.465. The molecule has 1 N–H and O–H groups in total. The highest BCUT2D eigenvalue weighted by Gasteiger charge is 2.22. The molecule has 0 saturated heterocycles. The molecule has 1 nitrogen and oxygen atoms in total. The standard InChI is InChI=1S/C16H25N/c1-12-8-4-7-11-16(12)14(3)17-13(2)15-9-5-6-10-15/h4,7-8,11,13-15,17H,5-6,9-10H2,1-3H3/t13-,14?/m1/s1. The second kappa shape index (κ2) is 5.68. The largest absolute Gasteiger partial charge is 0.307 e. The van der Waals surface area contributed by atoms with E-state index in [9.17, 15) is 0 Å². The zero-order valence-corrected chi connectivity index (χ0v) is 11.4. The van der Waals surface area contributed by atoms with Gasteiger partial charge in [0, 0.05) is 12.1 Å². The lowest BCUT2D eigenvalue weighted by molar-refractivity contribution is 0.352. The molecular weight excluding hydrogens is 206 g/mol. The summed E-state index contributed by atoms with van der Waals surface area (Å²) in [7, 11) is 0. The molecule has 1 saturated carbocycles. The molecule has 0 aromatic heterocycles. The zero-order chi connectivity index (χ0) is 12.3. The molecule has 0 radical (unpaired) electrons. The van der Waals surface area contributed by atoms with E-state index in [-0.39, 0.29) is 0 Å². The smallest absolute Gasteiger partial charge is 0.0296 e. The van der Waals surface area contributed by atoms with Crippen molar-refractivity contribution in [2.75, 3.05) is 0 Å². The second-order valence-electron chi connectivity index (χ2n) is 5.58. The summed E-state index contributed by atoms with van der Waals surface area (Å²) in [4.78, 5) is 0. The van der Waals surface area contributed by atoms with Gasteiger partial charge in [-0.1, -0.05) is 37.1 Å². The molecule has 1 aliphatic carbocycles. The molecule has 94 valence electrons. The molecule has 0 spiro atoms. The highest BCUT2D eigenvalue weighted by molar-refractivity contribution is 5.28. The zero-order valence-electron chi connectivity index (χ0n) is 11.4. The summed E-state index contributed by atoms with van der Waals surface area (Å²) in [6.45, 7) is 6.84. The maximum atomic E-state index is 3.78. The van der Waals surface area contributed by atoms with Crippen molar-refractivity contribution in [3.05, 3.63) is 35.4 Å². The van der Waals surface area contributed by atoms with Crippen molar-refractivity contribution < 1.29 is 0 Å². The van der Waals surface area contributed by atoms with Crippen molar-refractivity contribution >= 4 is 0 Å². The third kappa shape index (κ3) is 3.10. The Hall–Kier alpha value is -0.820. The summed E-state index contributed by atoms with van der Waals surface area (Å²) < 4.78 is 0. The van der Waals surface area contributed by atoms with E-state index in [4.69, 9.17) is 0 Å². The lowest BCUT2D eigenvalue weighted by Crippen LogP contribution is -2.34. The van der Waals surface area contributed by atoms with Crippen molar-refractivity contribution in [2.45, 2.75) is 58.5 Å². The predicted molar refractivity (Wildman–Crippen MR) is 74.1 cm³/mol. The maximum absolute atomic E-state index is 3.78. The average molecular weight is 231 g/mol. The third-order valence-corrected chi connectivity index (χ3v) is 4.27. The van der Waals surface area contributed by atoms with Gasteiger partial charge in [0.15, 0.2) is 0 Å². The van der Waals surface area contributed by atoms with Crippen LogP contribution in [0.2, 0.25) is 0 Å². The molecule has 0 aliphatic heterocycles. The van der Waals surface area contributed by atoms with Gasteiger partial charge in [-0.15, -0.1) is 0 Å². The second-order valence-corrected chi connectivity index (χ2v) is 5.58. The minimum atomic E-state index is 0.465. The topological polar surface area (TPSA) is 12.0 Å². The van der Waals surface area contributed by atoms with Gasteiger partial charge < -0.3 is 5.32 Å². The summed E-state index contributed by atoms with van der Waals surface area (Å²) in [6.07, 6.45) is 5.67. The van der Waals surface area contributed by atoms with Gasteiger partial charge in [0.25, 0.3) is 0 Å². The van der Waals surface area contributed by atoms with Crippen molar-refractivity contribution in [1.29, 1.82) is 0 Å². The van der Waals surface area contributed by atoms with Crippen LogP contribution in [0.3, 0.4) is 0 Å². The van der Waals surface area contributed by atoms with Gasteiger partial charge in [0.2, 0.25) is 0 Å². The molecule has 1 aromatic rings. The lowest BCUT2D eigenvalue weighted by Gasteiger charge is -2.26. The monoisotopic (exact) mass is 231 g/mol. The van der Waals surface area contributed by atoms with E-state index >= 15 is 0 Å². The van der Waals surface area contributed by atoms with Crippen LogP contribution in [0.25, 0.3) is 0 Å². The molecule has 1 unspecified atom stereocenters. The highest BCUT2D eigenvalue weighted by Crippen LogP contribution is 2.29. The number of hydrogen-bond acceptors (Lipinski definition) is 1. The summed E-state index contributed by atoms with van der Waals surface area (Å²) in [5, 5.41) is 3.78. The van der Waals surface area contributed by atoms with Crippen molar-refractivity contribution in [3.8, 4) is 0 Å². The Balaban J connectivity index is 1.96. The quantitative estimate of drug-likeness (QED) is 0.818. The highest BCUT2D eigenvalue weighted by atomic mass is 14.9. The molecule has 1 fully saturated rings. The van der Waals surface area contributed by atoms with Crippen LogP contribution in [0.5, 0.6) is 0 Å². The van der Waals surface area contributed by atoms with Gasteiger partial charge in [0.1, 0.15) is 0 Å². The SMILES string of the molecule is Cc1ccccc1C(C)N[C@H](C)C1CCCC1. The van der Waals surface area contributed by atoms with Crippen LogP contribution >= 0.6 is 0 Å². The first kappa shape index (κ1) is 12.6. The van der Waals surface area contributed by atoms with Gasteiger partial charge in [-0.05, 0) is 50.7 Å². The number of aryl methyl sites for hydroxylation is 1. The van der Waals surface area contributed by atoms with Crippen LogP contribution < -0.4 is 5.32 Å². The Morgan fingerprint density at radius 3 is 2.41 bits per heavy atom. The summed E-state index contributed by atoms with van der Waals surface area (Å²) in [6, 6.07) is 9.81. The number of hydrogen-bond donors (Lipinski definition) is 1. The molecule has 1 aliphatic rings. The van der Waals surface area contributed by atoms with Crippen molar-refractivity contribution in [1.82, 2.24) is 5.32 Å². The molecule has 1 heteroatoms. The van der Waals surface area contributed by atoms with E-state index in [1.807, 2.05) is 0 Å². The van der Waals surface area contributed by atoms with Gasteiger partial charge >= 0.3 is 0 Å². The van der Waals surface area contributed by atoms with Gasteiger partial charge in [-0.3, -0.25) is 0 Å². The molecule has 2 atom stereocenters. The van der Waals surface area contributed by atoms with Crippen LogP contribution in [-0.2, 0) is 0 Å². The molecule has 0 amide bonds. The summed E-state index contributed by atoms with van der Waals surface area (Å²) in [5.74, 6) is 0.890. The Morgan fingerprint density at radius 1 is 1.12 bits per heavy atom. The summed E-state index contributed by atoms with van der Waals surface area (Å²) in [5.41, 5.74) is 2.84. The number of benzene rings is 1. The number of rotatable bonds is 4. The fourth-order valence-corrected chi connectivity index (χ4v) is 3.15. The van der Waals surface area contributed by atoms with E-state index in [0.717, 1.165) is 5.92 Å². The van der Waals surface area contributed by atoms with Crippen LogP contribution in [0.4, 0.5) is 0 Å². The summed E-state index contributed by atoms with van der Waals surface area (Å²) >= 11 is 0. The van der Waals surface area contributed by atoms with E-state index in [2.05, 4.69) is 50.4 Å². The van der Waals surface area contributed by atoms with Crippen molar-refractivity contribution in [3.63, 3.8) is 0 Å². The minimum Gasteiger partial charge on any atom is -0.307 e. The van der Waals surface area contributed by atoms with Gasteiger partial charge in [-0.2, -0.15) is 0 Å². The Morgan fingerprint density at radius 2 is 1.76 bits per heavy atom. The van der Waals surface area contributed by atoms with E-state index < -0.39 is 0 Å².